The van der Waals surface area contributed by atoms with Crippen molar-refractivity contribution in [2.45, 2.75) is 31.1 Å². The minimum absolute atomic E-state index is 0.0303. The lowest BCUT2D eigenvalue weighted by Crippen LogP contribution is -2.28. The number of nitrogens with zero attached hydrogens (tertiary/aromatic N) is 5. The predicted molar refractivity (Wildman–Crippen MR) is 172 cm³/mol. The second-order valence-corrected chi connectivity index (χ2v) is 12.2. The highest BCUT2D eigenvalue weighted by Gasteiger charge is 2.33. The molecule has 0 saturated carbocycles. The lowest BCUT2D eigenvalue weighted by molar-refractivity contribution is -0.130. The van der Waals surface area contributed by atoms with Crippen molar-refractivity contribution < 1.29 is 18.7 Å². The molecular weight excluding hydrogens is 612 g/mol. The zero-order valence-corrected chi connectivity index (χ0v) is 26.1. The first-order valence-electron chi connectivity index (χ1n) is 14.1. The average molecular weight is 641 g/mol. The number of hydrazone groups is 1. The molecule has 9 nitrogen and oxygen atoms in total. The monoisotopic (exact) mass is 640 g/mol. The van der Waals surface area contributed by atoms with E-state index in [-0.39, 0.29) is 29.9 Å². The molecule has 1 atom stereocenters. The van der Waals surface area contributed by atoms with Crippen LogP contribution in [0.2, 0.25) is 0 Å². The zero-order valence-electron chi connectivity index (χ0n) is 24.5. The second-order valence-electron chi connectivity index (χ2n) is 10.3. The van der Waals surface area contributed by atoms with Crippen LogP contribution in [0.1, 0.15) is 44.6 Å². The summed E-state index contributed by atoms with van der Waals surface area (Å²) in [6.07, 6.45) is 0.474. The van der Waals surface area contributed by atoms with Crippen LogP contribution >= 0.6 is 23.1 Å². The number of nitrogens with one attached hydrogen (secondary N) is 1. The standard InChI is InChI=1S/C33H29FN6O3S2/c1-21-5-3-6-25(17-21)39-30(19-35-32(42)29-7-4-16-44-29)36-37-33(39)45-20-31(41)40-28(23-8-12-24(34)13-9-23)18-27(38-40)22-10-14-26(43-2)15-11-22/h3-17,28H,18-20H2,1-2H3,(H,35,42). The van der Waals surface area contributed by atoms with E-state index in [9.17, 15) is 14.0 Å². The van der Waals surface area contributed by atoms with Crippen molar-refractivity contribution >= 4 is 40.6 Å². The fraction of sp³-hybridized carbons (Fsp3) is 0.182. The van der Waals surface area contributed by atoms with Gasteiger partial charge in [0.1, 0.15) is 11.6 Å². The lowest BCUT2D eigenvalue weighted by Gasteiger charge is -2.22. The van der Waals surface area contributed by atoms with Gasteiger partial charge in [-0.1, -0.05) is 42.1 Å². The van der Waals surface area contributed by atoms with Gasteiger partial charge in [-0.25, -0.2) is 9.40 Å². The number of thioether (sulfide) groups is 1. The van der Waals surface area contributed by atoms with E-state index in [1.807, 2.05) is 71.5 Å². The normalized spacial score (nSPS) is 14.3. The van der Waals surface area contributed by atoms with Gasteiger partial charge in [0.15, 0.2) is 11.0 Å². The second kappa shape index (κ2) is 13.4. The Morgan fingerprint density at radius 2 is 1.84 bits per heavy atom. The fourth-order valence-electron chi connectivity index (χ4n) is 5.02. The molecule has 0 saturated heterocycles. The van der Waals surface area contributed by atoms with Crippen molar-refractivity contribution in [1.29, 1.82) is 0 Å². The summed E-state index contributed by atoms with van der Waals surface area (Å²) in [4.78, 5) is 27.0. The molecule has 1 aliphatic heterocycles. The van der Waals surface area contributed by atoms with Crippen LogP contribution in [-0.2, 0) is 11.3 Å². The summed E-state index contributed by atoms with van der Waals surface area (Å²) in [5, 5.41) is 20.3. The van der Waals surface area contributed by atoms with E-state index in [1.165, 1.54) is 40.2 Å². The number of thiophene rings is 1. The number of aryl methyl sites for hydroxylation is 1. The van der Waals surface area contributed by atoms with E-state index in [4.69, 9.17) is 9.84 Å². The summed E-state index contributed by atoms with van der Waals surface area (Å²) in [7, 11) is 1.61. The van der Waals surface area contributed by atoms with Crippen LogP contribution in [0.15, 0.2) is 101 Å². The number of carbonyl (C=O) groups is 2. The number of carbonyl (C=O) groups excluding carboxylic acids is 2. The van der Waals surface area contributed by atoms with Gasteiger partial charge < -0.3 is 10.1 Å². The fourth-order valence-corrected chi connectivity index (χ4v) is 6.49. The SMILES string of the molecule is COc1ccc(C2=NN(C(=O)CSc3nnc(CNC(=O)c4cccs4)n3-c3cccc(C)c3)C(c3ccc(F)cc3)C2)cc1. The average Bonchev–Trinajstić information content (AvgIpc) is 3.83. The summed E-state index contributed by atoms with van der Waals surface area (Å²) < 4.78 is 20.9. The van der Waals surface area contributed by atoms with E-state index >= 15 is 0 Å². The molecule has 2 amide bonds. The van der Waals surface area contributed by atoms with Crippen LogP contribution in [0.4, 0.5) is 4.39 Å². The number of amides is 2. The molecule has 12 heteroatoms. The van der Waals surface area contributed by atoms with Crippen LogP contribution in [0.3, 0.4) is 0 Å². The van der Waals surface area contributed by atoms with Crippen molar-refractivity contribution in [2.75, 3.05) is 12.9 Å². The largest absolute Gasteiger partial charge is 0.497 e. The first-order valence-corrected chi connectivity index (χ1v) is 16.0. The number of halogens is 1. The van der Waals surface area contributed by atoms with Crippen LogP contribution in [-0.4, -0.2) is 50.2 Å². The number of aromatic nitrogens is 3. The van der Waals surface area contributed by atoms with Gasteiger partial charge in [0.25, 0.3) is 11.8 Å². The van der Waals surface area contributed by atoms with Gasteiger partial charge in [-0.2, -0.15) is 5.10 Å². The Balaban J connectivity index is 1.25. The molecule has 5 aromatic rings. The minimum atomic E-state index is -0.395. The molecule has 1 unspecified atom stereocenters. The molecule has 1 aliphatic rings. The third-order valence-electron chi connectivity index (χ3n) is 7.28. The summed E-state index contributed by atoms with van der Waals surface area (Å²) in [5.74, 6) is 0.511. The van der Waals surface area contributed by atoms with E-state index < -0.39 is 6.04 Å². The molecule has 3 heterocycles. The summed E-state index contributed by atoms with van der Waals surface area (Å²) in [6.45, 7) is 2.14. The number of ether oxygens (including phenoxy) is 1. The van der Waals surface area contributed by atoms with E-state index in [0.717, 1.165) is 33.8 Å². The van der Waals surface area contributed by atoms with Gasteiger partial charge in [0, 0.05) is 12.1 Å². The van der Waals surface area contributed by atoms with Crippen molar-refractivity contribution in [2.24, 2.45) is 5.10 Å². The van der Waals surface area contributed by atoms with Crippen molar-refractivity contribution in [1.82, 2.24) is 25.1 Å². The Labute approximate surface area is 267 Å². The van der Waals surface area contributed by atoms with Crippen LogP contribution < -0.4 is 10.1 Å². The molecular formula is C33H29FN6O3S2. The molecule has 0 radical (unpaired) electrons. The molecule has 45 heavy (non-hydrogen) atoms. The van der Waals surface area contributed by atoms with E-state index in [1.54, 1.807) is 25.3 Å². The Bertz CT molecular complexity index is 1840. The molecule has 0 aliphatic carbocycles. The smallest absolute Gasteiger partial charge is 0.261 e. The van der Waals surface area contributed by atoms with Gasteiger partial charge in [-0.15, -0.1) is 21.5 Å². The molecule has 6 rings (SSSR count). The number of methoxy groups -OCH3 is 1. The third kappa shape index (κ3) is 6.81. The summed E-state index contributed by atoms with van der Waals surface area (Å²) >= 11 is 2.60. The first-order chi connectivity index (χ1) is 21.9. The van der Waals surface area contributed by atoms with E-state index in [0.29, 0.717) is 22.3 Å². The van der Waals surface area contributed by atoms with Gasteiger partial charge in [0.2, 0.25) is 0 Å². The molecule has 0 bridgehead atoms. The molecule has 1 N–H and O–H groups in total. The van der Waals surface area contributed by atoms with Gasteiger partial charge >= 0.3 is 0 Å². The summed E-state index contributed by atoms with van der Waals surface area (Å²) in [5.41, 5.74) is 4.27. The Morgan fingerprint density at radius 1 is 1.04 bits per heavy atom. The first kappa shape index (κ1) is 30.2. The third-order valence-corrected chi connectivity index (χ3v) is 9.06. The minimum Gasteiger partial charge on any atom is -0.497 e. The Hall–Kier alpha value is -4.81. The van der Waals surface area contributed by atoms with Crippen LogP contribution in [0.5, 0.6) is 5.75 Å². The van der Waals surface area contributed by atoms with Crippen molar-refractivity contribution in [3.8, 4) is 11.4 Å². The van der Waals surface area contributed by atoms with Crippen molar-refractivity contribution in [3.05, 3.63) is 124 Å². The Morgan fingerprint density at radius 3 is 2.56 bits per heavy atom. The molecule has 228 valence electrons. The predicted octanol–water partition coefficient (Wildman–Crippen LogP) is 6.18. The highest BCUT2D eigenvalue weighted by atomic mass is 32.2. The number of benzene rings is 3. The Kier molecular flexibility index (Phi) is 9.03. The number of hydrogen-bond acceptors (Lipinski definition) is 8. The van der Waals surface area contributed by atoms with Gasteiger partial charge in [0.05, 0.1) is 36.0 Å². The van der Waals surface area contributed by atoms with Gasteiger partial charge in [-0.05, 0) is 83.6 Å². The molecule has 2 aromatic heterocycles. The molecule has 0 spiro atoms. The number of rotatable bonds is 10. The van der Waals surface area contributed by atoms with Crippen LogP contribution in [0, 0.1) is 12.7 Å². The molecule has 0 fully saturated rings. The molecule has 3 aromatic carbocycles. The van der Waals surface area contributed by atoms with Gasteiger partial charge in [-0.3, -0.25) is 14.2 Å². The quantitative estimate of drug-likeness (QED) is 0.183. The lowest BCUT2D eigenvalue weighted by atomic mass is 9.98. The van der Waals surface area contributed by atoms with Crippen molar-refractivity contribution in [3.63, 3.8) is 0 Å². The van der Waals surface area contributed by atoms with Crippen LogP contribution in [0.25, 0.3) is 5.69 Å². The maximum Gasteiger partial charge on any atom is 0.261 e. The maximum atomic E-state index is 13.8. The topological polar surface area (TPSA) is 102 Å². The maximum absolute atomic E-state index is 13.8. The highest BCUT2D eigenvalue weighted by Crippen LogP contribution is 2.34. The van der Waals surface area contributed by atoms with E-state index in [2.05, 4.69) is 15.5 Å². The zero-order chi connectivity index (χ0) is 31.3. The highest BCUT2D eigenvalue weighted by molar-refractivity contribution is 7.99. The number of hydrogen-bond donors (Lipinski definition) is 1. The summed E-state index contributed by atoms with van der Waals surface area (Å²) in [6, 6.07) is 24.7.